The van der Waals surface area contributed by atoms with E-state index >= 15 is 0 Å². The van der Waals surface area contributed by atoms with Gasteiger partial charge in [0, 0.05) is 16.3 Å². The number of carbonyl (C=O) groups excluding carboxylic acids is 2. The van der Waals surface area contributed by atoms with Gasteiger partial charge in [-0.25, -0.2) is 0 Å². The van der Waals surface area contributed by atoms with Crippen LogP contribution in [0.3, 0.4) is 0 Å². The molecule has 0 spiro atoms. The van der Waals surface area contributed by atoms with Gasteiger partial charge in [0.25, 0.3) is 5.78 Å². The van der Waals surface area contributed by atoms with Crippen molar-refractivity contribution < 1.29 is 33.6 Å². The monoisotopic (exact) mass is 693 g/mol. The molecule has 13 heteroatoms. The number of hydrogen-bond acceptors (Lipinski definition) is 11. The second kappa shape index (κ2) is 14.7. The van der Waals surface area contributed by atoms with Crippen molar-refractivity contribution in [2.24, 2.45) is 0 Å². The number of ketones is 1. The Morgan fingerprint density at radius 1 is 1.02 bits per heavy atom. The maximum atomic E-state index is 13.8. The number of thioether (sulfide) groups is 1. The highest BCUT2D eigenvalue weighted by Gasteiger charge is 2.48. The Morgan fingerprint density at radius 2 is 1.83 bits per heavy atom. The first-order valence-electron chi connectivity index (χ1n) is 15.2. The number of aliphatic hydroxyl groups is 1. The molecule has 6 rings (SSSR count). The highest BCUT2D eigenvalue weighted by atomic mass is 35.5. The van der Waals surface area contributed by atoms with Crippen molar-refractivity contribution in [3.63, 3.8) is 0 Å². The number of fused-ring (bicyclic) bond motifs is 1. The van der Waals surface area contributed by atoms with E-state index in [0.29, 0.717) is 75.7 Å². The fraction of sp³-hybridized carbons (Fsp3) is 0.294. The van der Waals surface area contributed by atoms with Crippen LogP contribution >= 0.6 is 34.7 Å². The first-order chi connectivity index (χ1) is 22.9. The van der Waals surface area contributed by atoms with Gasteiger partial charge < -0.3 is 24.1 Å². The molecule has 1 atom stereocenters. The summed E-state index contributed by atoms with van der Waals surface area (Å²) >= 11 is 8.93. The molecule has 2 aliphatic heterocycles. The van der Waals surface area contributed by atoms with Gasteiger partial charge in [0.2, 0.25) is 5.13 Å². The van der Waals surface area contributed by atoms with Crippen molar-refractivity contribution >= 4 is 57.3 Å². The number of benzene rings is 3. The molecule has 1 amide bonds. The predicted molar refractivity (Wildman–Crippen MR) is 181 cm³/mol. The topological polar surface area (TPSA) is 120 Å². The molecule has 0 radical (unpaired) electrons. The van der Waals surface area contributed by atoms with Crippen molar-refractivity contribution in [2.45, 2.75) is 42.8 Å². The third-order valence-corrected chi connectivity index (χ3v) is 9.98. The molecule has 47 heavy (non-hydrogen) atoms. The summed E-state index contributed by atoms with van der Waals surface area (Å²) < 4.78 is 23.8. The number of Topliss-reactive ketones (excluding diaryl/α,β-unsaturated/α-hetero) is 1. The number of anilines is 1. The molecule has 4 aromatic rings. The van der Waals surface area contributed by atoms with Gasteiger partial charge >= 0.3 is 5.91 Å². The van der Waals surface area contributed by atoms with Crippen molar-refractivity contribution in [3.8, 4) is 23.0 Å². The number of hydrogen-bond donors (Lipinski definition) is 1. The zero-order valence-corrected chi connectivity index (χ0v) is 28.1. The van der Waals surface area contributed by atoms with E-state index in [1.165, 1.54) is 28.0 Å². The lowest BCUT2D eigenvalue weighted by Crippen LogP contribution is -2.29. The summed E-state index contributed by atoms with van der Waals surface area (Å²) in [6.45, 7) is 5.58. The van der Waals surface area contributed by atoms with E-state index in [1.807, 2.05) is 31.2 Å². The van der Waals surface area contributed by atoms with Gasteiger partial charge in [-0.2, -0.15) is 0 Å². The molecule has 10 nitrogen and oxygen atoms in total. The lowest BCUT2D eigenvalue weighted by atomic mass is 9.95. The molecule has 1 fully saturated rings. The van der Waals surface area contributed by atoms with Crippen LogP contribution in [0.25, 0.3) is 5.76 Å². The minimum atomic E-state index is -1.04. The summed E-state index contributed by atoms with van der Waals surface area (Å²) in [6, 6.07) is 16.6. The minimum Gasteiger partial charge on any atom is -0.507 e. The summed E-state index contributed by atoms with van der Waals surface area (Å²) in [5, 5.41) is 21.2. The third kappa shape index (κ3) is 6.90. The predicted octanol–water partition coefficient (Wildman–Crippen LogP) is 7.46. The van der Waals surface area contributed by atoms with Gasteiger partial charge in [0.05, 0.1) is 24.8 Å². The summed E-state index contributed by atoms with van der Waals surface area (Å²) in [7, 11) is 0. The SMILES string of the molecule is CCCCOc1ccc(C2C(=C(O)c3ccc4c(c3)OCCO4)C(=O)C(=O)N2c2nnc(SCc3ccccc3Cl)s2)cc1OCC. The van der Waals surface area contributed by atoms with Gasteiger partial charge in [0.15, 0.2) is 27.3 Å². The molecule has 3 heterocycles. The Hall–Kier alpha value is -4.26. The van der Waals surface area contributed by atoms with Crippen LogP contribution in [0.4, 0.5) is 5.13 Å². The van der Waals surface area contributed by atoms with Crippen molar-refractivity contribution in [1.82, 2.24) is 10.2 Å². The molecular formula is C34H32ClN3O7S2. The zero-order chi connectivity index (χ0) is 32.9. The van der Waals surface area contributed by atoms with E-state index in [4.69, 9.17) is 30.5 Å². The van der Waals surface area contributed by atoms with Crippen LogP contribution in [0.5, 0.6) is 23.0 Å². The van der Waals surface area contributed by atoms with Crippen molar-refractivity contribution in [1.29, 1.82) is 0 Å². The van der Waals surface area contributed by atoms with Gasteiger partial charge in [-0.15, -0.1) is 10.2 Å². The highest BCUT2D eigenvalue weighted by Crippen LogP contribution is 2.46. The molecule has 1 N–H and O–H groups in total. The molecule has 0 saturated carbocycles. The Kier molecular flexibility index (Phi) is 10.2. The number of aliphatic hydroxyl groups excluding tert-OH is 1. The Morgan fingerprint density at radius 3 is 2.62 bits per heavy atom. The molecule has 1 saturated heterocycles. The zero-order valence-electron chi connectivity index (χ0n) is 25.7. The number of unbranched alkanes of at least 4 members (excludes halogenated alkanes) is 1. The largest absolute Gasteiger partial charge is 0.507 e. The number of ether oxygens (including phenoxy) is 4. The van der Waals surface area contributed by atoms with Crippen LogP contribution in [0.15, 0.2) is 70.6 Å². The quantitative estimate of drug-likeness (QED) is 0.0400. The average Bonchev–Trinajstić information content (AvgIpc) is 3.66. The number of amides is 1. The van der Waals surface area contributed by atoms with E-state index in [-0.39, 0.29) is 16.5 Å². The summed E-state index contributed by atoms with van der Waals surface area (Å²) in [5.74, 6) is 0.451. The molecule has 1 aromatic heterocycles. The number of aromatic nitrogens is 2. The fourth-order valence-electron chi connectivity index (χ4n) is 5.21. The summed E-state index contributed by atoms with van der Waals surface area (Å²) in [6.07, 6.45) is 1.84. The average molecular weight is 694 g/mol. The molecule has 0 aliphatic carbocycles. The molecule has 0 bridgehead atoms. The molecule has 244 valence electrons. The van der Waals surface area contributed by atoms with Gasteiger partial charge in [-0.3, -0.25) is 14.5 Å². The molecule has 2 aliphatic rings. The third-order valence-electron chi connectivity index (χ3n) is 7.51. The molecule has 3 aromatic carbocycles. The maximum absolute atomic E-state index is 13.8. The Balaban J connectivity index is 1.42. The minimum absolute atomic E-state index is 0.103. The lowest BCUT2D eigenvalue weighted by molar-refractivity contribution is -0.132. The smallest absolute Gasteiger partial charge is 0.301 e. The first kappa shape index (κ1) is 32.7. The number of carbonyl (C=O) groups is 2. The van der Waals surface area contributed by atoms with Crippen molar-refractivity contribution in [2.75, 3.05) is 31.3 Å². The Labute approximate surface area is 285 Å². The number of nitrogens with zero attached hydrogens (tertiary/aromatic N) is 3. The van der Waals surface area contributed by atoms with E-state index < -0.39 is 17.7 Å². The normalized spacial score (nSPS) is 16.8. The first-order valence-corrected chi connectivity index (χ1v) is 17.4. The second-order valence-corrected chi connectivity index (χ2v) is 13.2. The second-order valence-electron chi connectivity index (χ2n) is 10.6. The summed E-state index contributed by atoms with van der Waals surface area (Å²) in [5.41, 5.74) is 1.65. The van der Waals surface area contributed by atoms with Crippen LogP contribution in [0.1, 0.15) is 49.4 Å². The molecular weight excluding hydrogens is 662 g/mol. The van der Waals surface area contributed by atoms with Crippen LogP contribution < -0.4 is 23.8 Å². The van der Waals surface area contributed by atoms with Crippen LogP contribution in [-0.2, 0) is 15.3 Å². The van der Waals surface area contributed by atoms with Gasteiger partial charge in [-0.05, 0) is 60.9 Å². The van der Waals surface area contributed by atoms with Crippen LogP contribution in [0, 0.1) is 0 Å². The van der Waals surface area contributed by atoms with Crippen LogP contribution in [0.2, 0.25) is 5.02 Å². The highest BCUT2D eigenvalue weighted by molar-refractivity contribution is 8.00. The Bertz CT molecular complexity index is 1830. The van der Waals surface area contributed by atoms with E-state index in [1.54, 1.807) is 36.4 Å². The fourth-order valence-corrected chi connectivity index (χ4v) is 7.37. The number of halogens is 1. The van der Waals surface area contributed by atoms with Crippen LogP contribution in [-0.4, -0.2) is 53.4 Å². The van der Waals surface area contributed by atoms with Gasteiger partial charge in [0.1, 0.15) is 19.0 Å². The van der Waals surface area contributed by atoms with E-state index in [9.17, 15) is 14.7 Å². The number of rotatable bonds is 12. The standard InChI is InChI=1S/C34H32ClN3O7S2/c1-3-5-14-43-24-12-10-20(17-26(24)42-4-2)29-28(30(39)21-11-13-25-27(18-21)45-16-15-44-25)31(40)32(41)38(29)33-36-37-34(47-33)46-19-22-8-6-7-9-23(22)35/h6-13,17-18,29,39H,3-5,14-16,19H2,1-2H3. The lowest BCUT2D eigenvalue weighted by Gasteiger charge is -2.24. The summed E-state index contributed by atoms with van der Waals surface area (Å²) in [4.78, 5) is 28.9. The van der Waals surface area contributed by atoms with E-state index in [2.05, 4.69) is 17.1 Å². The van der Waals surface area contributed by atoms with E-state index in [0.717, 1.165) is 18.4 Å². The van der Waals surface area contributed by atoms with Gasteiger partial charge in [-0.1, -0.05) is 72.3 Å². The molecule has 1 unspecified atom stereocenters. The van der Waals surface area contributed by atoms with Crippen molar-refractivity contribution in [3.05, 3.63) is 87.9 Å². The maximum Gasteiger partial charge on any atom is 0.301 e.